The molecule has 2 aromatic heterocycles. The number of rotatable bonds is 6. The number of pyridine rings is 2. The molecule has 3 aromatic rings. The summed E-state index contributed by atoms with van der Waals surface area (Å²) in [5.41, 5.74) is 6.21. The monoisotopic (exact) mass is 434 g/mol. The third-order valence-corrected chi connectivity index (χ3v) is 6.72. The van der Waals surface area contributed by atoms with Crippen molar-refractivity contribution >= 4 is 28.5 Å². The summed E-state index contributed by atoms with van der Waals surface area (Å²) in [6.45, 7) is 1.94. The summed E-state index contributed by atoms with van der Waals surface area (Å²) in [6, 6.07) is 9.38. The Labute approximate surface area is 184 Å². The summed E-state index contributed by atoms with van der Waals surface area (Å²) in [5, 5.41) is 3.49. The van der Waals surface area contributed by atoms with Crippen LogP contribution in [-0.2, 0) is 4.79 Å². The average molecular weight is 434 g/mol. The first-order valence-corrected chi connectivity index (χ1v) is 10.7. The minimum absolute atomic E-state index is 0.0494. The van der Waals surface area contributed by atoms with E-state index in [1.54, 1.807) is 24.4 Å². The van der Waals surface area contributed by atoms with Gasteiger partial charge in [0, 0.05) is 23.7 Å². The van der Waals surface area contributed by atoms with Crippen LogP contribution in [-0.4, -0.2) is 27.9 Å². The predicted octanol–water partition coefficient (Wildman–Crippen LogP) is 3.55. The molecule has 7 nitrogen and oxygen atoms in total. The lowest BCUT2D eigenvalue weighted by atomic mass is 9.97. The Morgan fingerprint density at radius 3 is 2.62 bits per heavy atom. The van der Waals surface area contributed by atoms with E-state index in [4.69, 9.17) is 10.5 Å². The highest BCUT2D eigenvalue weighted by Gasteiger charge is 2.59. The normalized spacial score (nSPS) is 24.6. The number of aromatic nitrogens is 2. The molecule has 0 bridgehead atoms. The molecule has 5 rings (SSSR count). The van der Waals surface area contributed by atoms with Crippen LogP contribution in [0.3, 0.4) is 0 Å². The lowest BCUT2D eigenvalue weighted by Crippen LogP contribution is -2.26. The lowest BCUT2D eigenvalue weighted by molar-refractivity contribution is -0.120. The Bertz CT molecular complexity index is 1190. The number of amides is 2. The third-order valence-electron chi connectivity index (χ3n) is 6.72. The molecule has 0 saturated heterocycles. The maximum absolute atomic E-state index is 13.7. The number of hydrogen-bond acceptors (Lipinski definition) is 5. The summed E-state index contributed by atoms with van der Waals surface area (Å²) in [7, 11) is 0. The van der Waals surface area contributed by atoms with Crippen LogP contribution in [0.5, 0.6) is 5.75 Å². The molecule has 3 unspecified atom stereocenters. The van der Waals surface area contributed by atoms with E-state index in [0.717, 1.165) is 12.8 Å². The smallest absolute Gasteiger partial charge is 0.250 e. The molecule has 0 spiro atoms. The van der Waals surface area contributed by atoms with Crippen molar-refractivity contribution in [2.75, 3.05) is 5.32 Å². The fourth-order valence-corrected chi connectivity index (χ4v) is 5.08. The summed E-state index contributed by atoms with van der Waals surface area (Å²) in [4.78, 5) is 32.2. The van der Waals surface area contributed by atoms with E-state index in [1.807, 2.05) is 6.92 Å². The molecule has 2 heterocycles. The SMILES string of the molecule is CC(C(=O)Nc1ccc(C(N)=O)cn1)C1[C@H]2CC(Oc3ccnc4ccc(F)cc34)C[C@@H]12. The number of halogens is 1. The van der Waals surface area contributed by atoms with Gasteiger partial charge in [-0.1, -0.05) is 6.92 Å². The van der Waals surface area contributed by atoms with Gasteiger partial charge in [0.15, 0.2) is 0 Å². The van der Waals surface area contributed by atoms with Crippen molar-refractivity contribution in [3.8, 4) is 5.75 Å². The molecular weight excluding hydrogens is 411 g/mol. The van der Waals surface area contributed by atoms with Crippen LogP contribution >= 0.6 is 0 Å². The quantitative estimate of drug-likeness (QED) is 0.617. The molecule has 2 fully saturated rings. The Morgan fingerprint density at radius 2 is 1.94 bits per heavy atom. The molecule has 3 N–H and O–H groups in total. The Morgan fingerprint density at radius 1 is 1.16 bits per heavy atom. The molecule has 32 heavy (non-hydrogen) atoms. The molecule has 2 amide bonds. The van der Waals surface area contributed by atoms with Gasteiger partial charge in [0.25, 0.3) is 0 Å². The van der Waals surface area contributed by atoms with Crippen LogP contribution in [0.1, 0.15) is 30.1 Å². The number of nitrogens with two attached hydrogens (primary N) is 1. The molecule has 2 aliphatic rings. The summed E-state index contributed by atoms with van der Waals surface area (Å²) >= 11 is 0. The number of benzene rings is 1. The number of hydrogen-bond donors (Lipinski definition) is 2. The molecule has 1 aromatic carbocycles. The van der Waals surface area contributed by atoms with Crippen LogP contribution in [0, 0.1) is 29.5 Å². The minimum Gasteiger partial charge on any atom is -0.490 e. The standard InChI is InChI=1S/C24H23FN4O3/c1-12(24(31)29-21-5-2-13(11-28-21)23(26)30)22-16-9-15(10-17(16)22)32-20-6-7-27-19-4-3-14(25)8-18(19)20/h2-8,11-12,15-17,22H,9-10H2,1H3,(H2,26,30)(H,28,29,31)/t12?,15?,16-,17+,22?. The van der Waals surface area contributed by atoms with Crippen molar-refractivity contribution in [1.29, 1.82) is 0 Å². The third kappa shape index (κ3) is 3.77. The van der Waals surface area contributed by atoms with Gasteiger partial charge in [0.2, 0.25) is 11.8 Å². The first-order chi connectivity index (χ1) is 15.4. The van der Waals surface area contributed by atoms with Gasteiger partial charge in [-0.25, -0.2) is 9.37 Å². The van der Waals surface area contributed by atoms with Crippen LogP contribution in [0.4, 0.5) is 10.2 Å². The zero-order valence-electron chi connectivity index (χ0n) is 17.5. The highest BCUT2D eigenvalue weighted by molar-refractivity contribution is 5.94. The zero-order valence-corrected chi connectivity index (χ0v) is 17.5. The number of ether oxygens (including phenoxy) is 1. The highest BCUT2D eigenvalue weighted by Crippen LogP contribution is 2.61. The van der Waals surface area contributed by atoms with E-state index in [0.29, 0.717) is 45.8 Å². The molecule has 5 atom stereocenters. The van der Waals surface area contributed by atoms with Crippen molar-refractivity contribution in [3.05, 3.63) is 60.2 Å². The van der Waals surface area contributed by atoms with Crippen LogP contribution in [0.15, 0.2) is 48.8 Å². The zero-order chi connectivity index (χ0) is 22.4. The topological polar surface area (TPSA) is 107 Å². The average Bonchev–Trinajstić information content (AvgIpc) is 3.28. The van der Waals surface area contributed by atoms with E-state index in [-0.39, 0.29) is 23.7 Å². The van der Waals surface area contributed by atoms with E-state index in [1.165, 1.54) is 24.4 Å². The van der Waals surface area contributed by atoms with Crippen molar-refractivity contribution in [2.24, 2.45) is 29.4 Å². The maximum Gasteiger partial charge on any atom is 0.250 e. The maximum atomic E-state index is 13.7. The van der Waals surface area contributed by atoms with Crippen LogP contribution in [0.25, 0.3) is 10.9 Å². The van der Waals surface area contributed by atoms with Crippen molar-refractivity contribution in [1.82, 2.24) is 9.97 Å². The largest absolute Gasteiger partial charge is 0.490 e. The van der Waals surface area contributed by atoms with E-state index < -0.39 is 5.91 Å². The molecule has 164 valence electrons. The Kier molecular flexibility index (Phi) is 5.00. The predicted molar refractivity (Wildman–Crippen MR) is 116 cm³/mol. The van der Waals surface area contributed by atoms with Crippen LogP contribution in [0.2, 0.25) is 0 Å². The summed E-state index contributed by atoms with van der Waals surface area (Å²) < 4.78 is 19.9. The van der Waals surface area contributed by atoms with Gasteiger partial charge in [-0.2, -0.15) is 0 Å². The van der Waals surface area contributed by atoms with Gasteiger partial charge in [-0.15, -0.1) is 0 Å². The van der Waals surface area contributed by atoms with Gasteiger partial charge < -0.3 is 15.8 Å². The fourth-order valence-electron chi connectivity index (χ4n) is 5.08. The fraction of sp³-hybridized carbons (Fsp3) is 0.333. The summed E-state index contributed by atoms with van der Waals surface area (Å²) in [5.74, 6) is 1.12. The first kappa shape index (κ1) is 20.4. The Balaban J connectivity index is 1.18. The second-order valence-electron chi connectivity index (χ2n) is 8.66. The number of carbonyl (C=O) groups excluding carboxylic acids is 2. The van der Waals surface area contributed by atoms with E-state index in [2.05, 4.69) is 15.3 Å². The van der Waals surface area contributed by atoms with Gasteiger partial charge in [-0.3, -0.25) is 14.6 Å². The second kappa shape index (κ2) is 7.85. The molecule has 2 aliphatic carbocycles. The minimum atomic E-state index is -0.559. The number of anilines is 1. The highest BCUT2D eigenvalue weighted by atomic mass is 19.1. The van der Waals surface area contributed by atoms with Gasteiger partial charge >= 0.3 is 0 Å². The number of nitrogens with zero attached hydrogens (tertiary/aromatic N) is 2. The van der Waals surface area contributed by atoms with Gasteiger partial charge in [0.05, 0.1) is 17.2 Å². The number of nitrogens with one attached hydrogen (secondary N) is 1. The Hall–Kier alpha value is -3.55. The molecular formula is C24H23FN4O3. The number of carbonyl (C=O) groups is 2. The molecule has 0 radical (unpaired) electrons. The first-order valence-electron chi connectivity index (χ1n) is 10.7. The molecule has 8 heteroatoms. The van der Waals surface area contributed by atoms with E-state index >= 15 is 0 Å². The second-order valence-corrected chi connectivity index (χ2v) is 8.66. The van der Waals surface area contributed by atoms with E-state index in [9.17, 15) is 14.0 Å². The van der Waals surface area contributed by atoms with Crippen molar-refractivity contribution in [3.63, 3.8) is 0 Å². The van der Waals surface area contributed by atoms with Crippen LogP contribution < -0.4 is 15.8 Å². The molecule has 0 aliphatic heterocycles. The lowest BCUT2D eigenvalue weighted by Gasteiger charge is -2.20. The van der Waals surface area contributed by atoms with Crippen molar-refractivity contribution < 1.29 is 18.7 Å². The number of fused-ring (bicyclic) bond motifs is 2. The van der Waals surface area contributed by atoms with Gasteiger partial charge in [0.1, 0.15) is 17.4 Å². The van der Waals surface area contributed by atoms with Gasteiger partial charge in [-0.05, 0) is 67.0 Å². The number of primary amides is 1. The summed E-state index contributed by atoms with van der Waals surface area (Å²) in [6.07, 6.45) is 4.82. The molecule has 2 saturated carbocycles. The van der Waals surface area contributed by atoms with Crippen molar-refractivity contribution in [2.45, 2.75) is 25.9 Å².